The van der Waals surface area contributed by atoms with Crippen molar-refractivity contribution in [2.45, 2.75) is 40.0 Å². The Morgan fingerprint density at radius 3 is 2.33 bits per heavy atom. The van der Waals surface area contributed by atoms with Gasteiger partial charge in [-0.25, -0.2) is 0 Å². The molecular weight excluding hydrogens is 334 g/mol. The van der Waals surface area contributed by atoms with Crippen LogP contribution in [-0.2, 0) is 20.6 Å². The van der Waals surface area contributed by atoms with E-state index in [0.29, 0.717) is 11.3 Å². The van der Waals surface area contributed by atoms with Crippen molar-refractivity contribution in [3.63, 3.8) is 0 Å². The van der Waals surface area contributed by atoms with Crippen molar-refractivity contribution >= 4 is 33.4 Å². The topological polar surface area (TPSA) is 110 Å². The van der Waals surface area contributed by atoms with Crippen LogP contribution in [0.1, 0.15) is 50.5 Å². The van der Waals surface area contributed by atoms with Gasteiger partial charge in [0.15, 0.2) is 11.5 Å². The lowest BCUT2D eigenvalue weighted by molar-refractivity contribution is -0.117. The summed E-state index contributed by atoms with van der Waals surface area (Å²) in [6.07, 6.45) is 0. The molecule has 0 saturated heterocycles. The number of hydrogen-bond acceptors (Lipinski definition) is 6. The van der Waals surface area contributed by atoms with Crippen LogP contribution in [0.5, 0.6) is 5.75 Å². The number of carbonyl (C=O) groups excluding carboxylic acids is 2. The van der Waals surface area contributed by atoms with Crippen LogP contribution in [0.4, 0.5) is 5.69 Å². The summed E-state index contributed by atoms with van der Waals surface area (Å²) in [4.78, 5) is 28.7. The molecule has 0 amide bonds. The van der Waals surface area contributed by atoms with Crippen LogP contribution in [0.3, 0.4) is 0 Å². The van der Waals surface area contributed by atoms with Crippen molar-refractivity contribution < 1.29 is 26.7 Å². The first kappa shape index (κ1) is 18.3. The zero-order valence-electron chi connectivity index (χ0n) is 14.1. The molecule has 2 rings (SSSR count). The molecule has 1 aliphatic heterocycles. The monoisotopic (exact) mass is 353 g/mol. The lowest BCUT2D eigenvalue weighted by atomic mass is 9.82. The summed E-state index contributed by atoms with van der Waals surface area (Å²) in [5.41, 5.74) is 0.734. The van der Waals surface area contributed by atoms with Crippen molar-refractivity contribution in [2.24, 2.45) is 10.9 Å². The maximum absolute atomic E-state index is 12.7. The second-order valence-electron chi connectivity index (χ2n) is 6.79. The summed E-state index contributed by atoms with van der Waals surface area (Å²) < 4.78 is 35.9. The molecule has 0 bridgehead atoms. The smallest absolute Gasteiger partial charge is 0.361 e. The predicted molar refractivity (Wildman–Crippen MR) is 88.6 cm³/mol. The first-order chi connectivity index (χ1) is 10.8. The molecule has 1 aromatic carbocycles. The number of hydrogen-bond donors (Lipinski definition) is 1. The van der Waals surface area contributed by atoms with E-state index in [1.54, 1.807) is 13.0 Å². The molecule has 0 aliphatic carbocycles. The van der Waals surface area contributed by atoms with E-state index in [0.717, 1.165) is 0 Å². The van der Waals surface area contributed by atoms with E-state index in [-0.39, 0.29) is 22.4 Å². The van der Waals surface area contributed by atoms with Crippen molar-refractivity contribution in [3.8, 4) is 5.75 Å². The zero-order valence-corrected chi connectivity index (χ0v) is 14.9. The lowest BCUT2D eigenvalue weighted by Crippen LogP contribution is -2.32. The van der Waals surface area contributed by atoms with Crippen LogP contribution in [0, 0.1) is 5.92 Å². The number of ketones is 2. The first-order valence-electron chi connectivity index (χ1n) is 7.26. The molecular formula is C16H19NO6S. The predicted octanol–water partition coefficient (Wildman–Crippen LogP) is 2.66. The Hall–Kier alpha value is -2.06. The number of aliphatic imine (C=N–C) groups is 1. The fraction of sp³-hybridized carbons (Fsp3) is 0.438. The normalized spacial score (nSPS) is 18.0. The van der Waals surface area contributed by atoms with E-state index in [9.17, 15) is 18.0 Å². The van der Waals surface area contributed by atoms with Crippen molar-refractivity contribution in [1.29, 1.82) is 0 Å². The van der Waals surface area contributed by atoms with E-state index in [4.69, 9.17) is 4.55 Å². The molecule has 1 heterocycles. The summed E-state index contributed by atoms with van der Waals surface area (Å²) in [5, 5.41) is 0. The van der Waals surface area contributed by atoms with Gasteiger partial charge in [0.25, 0.3) is 0 Å². The molecule has 8 heteroatoms. The molecule has 1 aliphatic rings. The highest BCUT2D eigenvalue weighted by molar-refractivity contribution is 7.81. The maximum Gasteiger partial charge on any atom is 0.446 e. The number of nitrogens with zero attached hydrogens (tertiary/aromatic N) is 1. The third-order valence-electron chi connectivity index (χ3n) is 3.77. The number of rotatable bonds is 3. The molecule has 1 N–H and O–H groups in total. The number of benzene rings is 1. The Morgan fingerprint density at radius 2 is 1.88 bits per heavy atom. The first-order valence-corrected chi connectivity index (χ1v) is 8.63. The molecule has 0 aromatic heterocycles. The quantitative estimate of drug-likeness (QED) is 0.661. The van der Waals surface area contributed by atoms with Crippen LogP contribution in [-0.4, -0.2) is 30.2 Å². The van der Waals surface area contributed by atoms with Gasteiger partial charge in [0.2, 0.25) is 0 Å². The maximum atomic E-state index is 12.7. The van der Waals surface area contributed by atoms with Crippen molar-refractivity contribution in [2.75, 3.05) is 0 Å². The van der Waals surface area contributed by atoms with Crippen LogP contribution in [0.15, 0.2) is 17.1 Å². The molecule has 0 fully saturated rings. The summed E-state index contributed by atoms with van der Waals surface area (Å²) >= 11 is 0. The largest absolute Gasteiger partial charge is 0.446 e. The van der Waals surface area contributed by atoms with Gasteiger partial charge in [0.05, 0.1) is 11.3 Å². The number of carbonyl (C=O) groups is 2. The lowest BCUT2D eigenvalue weighted by Gasteiger charge is -2.25. The average molecular weight is 353 g/mol. The van der Waals surface area contributed by atoms with Crippen molar-refractivity contribution in [1.82, 2.24) is 0 Å². The minimum absolute atomic E-state index is 0.119. The van der Waals surface area contributed by atoms with Gasteiger partial charge in [-0.05, 0) is 37.0 Å². The van der Waals surface area contributed by atoms with E-state index in [1.165, 1.54) is 13.0 Å². The molecule has 24 heavy (non-hydrogen) atoms. The Morgan fingerprint density at radius 1 is 1.29 bits per heavy atom. The Bertz CT molecular complexity index is 861. The van der Waals surface area contributed by atoms with Crippen LogP contribution >= 0.6 is 0 Å². The Labute approximate surface area is 140 Å². The number of fused-ring (bicyclic) bond motifs is 1. The minimum atomic E-state index is -4.83. The van der Waals surface area contributed by atoms with E-state index >= 15 is 0 Å². The molecule has 0 radical (unpaired) electrons. The van der Waals surface area contributed by atoms with Crippen LogP contribution in [0.25, 0.3) is 0 Å². The van der Waals surface area contributed by atoms with Gasteiger partial charge in [-0.3, -0.25) is 19.1 Å². The van der Waals surface area contributed by atoms with Crippen molar-refractivity contribution in [3.05, 3.63) is 23.3 Å². The minimum Gasteiger partial charge on any atom is -0.361 e. The molecule has 0 spiro atoms. The van der Waals surface area contributed by atoms with Gasteiger partial charge in [-0.2, -0.15) is 8.42 Å². The summed E-state index contributed by atoms with van der Waals surface area (Å²) in [7, 11) is -4.83. The summed E-state index contributed by atoms with van der Waals surface area (Å²) in [5.74, 6) is -2.40. The van der Waals surface area contributed by atoms with E-state index in [1.807, 2.05) is 20.8 Å². The molecule has 130 valence electrons. The fourth-order valence-corrected chi connectivity index (χ4v) is 2.97. The highest BCUT2D eigenvalue weighted by Crippen LogP contribution is 2.40. The molecule has 1 atom stereocenters. The van der Waals surface area contributed by atoms with Gasteiger partial charge < -0.3 is 4.18 Å². The van der Waals surface area contributed by atoms with E-state index < -0.39 is 27.9 Å². The van der Waals surface area contributed by atoms with Crippen LogP contribution < -0.4 is 4.18 Å². The van der Waals surface area contributed by atoms with Gasteiger partial charge in [0.1, 0.15) is 11.7 Å². The van der Waals surface area contributed by atoms with Gasteiger partial charge in [0, 0.05) is 5.71 Å². The summed E-state index contributed by atoms with van der Waals surface area (Å²) in [6.45, 7) is 8.52. The second kappa shape index (κ2) is 5.78. The molecule has 0 saturated carbocycles. The highest BCUT2D eigenvalue weighted by atomic mass is 32.3. The highest BCUT2D eigenvalue weighted by Gasteiger charge is 2.36. The summed E-state index contributed by atoms with van der Waals surface area (Å²) in [6, 6.07) is 3.03. The molecule has 7 nitrogen and oxygen atoms in total. The third-order valence-corrected chi connectivity index (χ3v) is 4.16. The second-order valence-corrected chi connectivity index (χ2v) is 7.81. The average Bonchev–Trinajstić information content (AvgIpc) is 2.33. The Kier molecular flexibility index (Phi) is 4.41. The molecule has 1 unspecified atom stereocenters. The molecule has 1 aromatic rings. The van der Waals surface area contributed by atoms with Crippen LogP contribution in [0.2, 0.25) is 0 Å². The van der Waals surface area contributed by atoms with Gasteiger partial charge in [-0.1, -0.05) is 20.8 Å². The number of Topliss-reactive ketones (excluding diaryl/α,β-unsaturated/α-hetero) is 2. The SMILES string of the molecule is CC(=O)C1C(=O)c2c(cc(C(C)(C)C)cc2OS(=O)(=O)O)N=C1C. The third kappa shape index (κ3) is 3.54. The van der Waals surface area contributed by atoms with E-state index in [2.05, 4.69) is 9.18 Å². The van der Waals surface area contributed by atoms with Gasteiger partial charge >= 0.3 is 10.4 Å². The standard InChI is InChI=1S/C16H19NO6S/c1-8-13(9(2)18)15(19)14-11(17-8)6-10(16(3,4)5)7-12(14)23-24(20,21)22/h6-7,13H,1-5H3,(H,20,21,22). The zero-order chi connectivity index (χ0) is 18.4. The van der Waals surface area contributed by atoms with Gasteiger partial charge in [-0.15, -0.1) is 0 Å². The Balaban J connectivity index is 2.79. The fourth-order valence-electron chi connectivity index (χ4n) is 2.62.